The molecule has 0 aliphatic heterocycles. The van der Waals surface area contributed by atoms with E-state index in [0.29, 0.717) is 17.4 Å². The quantitative estimate of drug-likeness (QED) is 0.407. The summed E-state index contributed by atoms with van der Waals surface area (Å²) in [5, 5.41) is 13.2. The number of aromatic amines is 1. The second-order valence-corrected chi connectivity index (χ2v) is 7.74. The maximum absolute atomic E-state index is 13.9. The van der Waals surface area contributed by atoms with Gasteiger partial charge in [-0.2, -0.15) is 9.49 Å². The van der Waals surface area contributed by atoms with Crippen LogP contribution in [-0.4, -0.2) is 27.6 Å². The molecule has 4 aromatic rings. The summed E-state index contributed by atoms with van der Waals surface area (Å²) in [6, 6.07) is 17.2. The van der Waals surface area contributed by atoms with E-state index < -0.39 is 5.95 Å². The second-order valence-electron chi connectivity index (χ2n) is 7.74. The second kappa shape index (κ2) is 8.95. The molecule has 0 radical (unpaired) electrons. The number of benzene rings is 2. The summed E-state index contributed by atoms with van der Waals surface area (Å²) in [5.74, 6) is -0.533. The first kappa shape index (κ1) is 20.5. The molecule has 2 heterocycles. The maximum atomic E-state index is 13.9. The number of halogens is 1. The molecular formula is C24H24FN5O. The van der Waals surface area contributed by atoms with Crippen molar-refractivity contribution in [2.75, 3.05) is 11.9 Å². The van der Waals surface area contributed by atoms with Crippen LogP contribution in [0.4, 0.5) is 10.1 Å². The van der Waals surface area contributed by atoms with Crippen LogP contribution >= 0.6 is 0 Å². The molecule has 3 N–H and O–H groups in total. The Bertz CT molecular complexity index is 1190. The van der Waals surface area contributed by atoms with Gasteiger partial charge >= 0.3 is 0 Å². The zero-order chi connectivity index (χ0) is 21.8. The molecule has 0 fully saturated rings. The molecule has 0 saturated heterocycles. The van der Waals surface area contributed by atoms with E-state index in [-0.39, 0.29) is 17.9 Å². The van der Waals surface area contributed by atoms with Gasteiger partial charge in [-0.15, -0.1) is 0 Å². The van der Waals surface area contributed by atoms with Crippen molar-refractivity contribution < 1.29 is 9.18 Å². The Morgan fingerprint density at radius 1 is 1.06 bits per heavy atom. The highest BCUT2D eigenvalue weighted by atomic mass is 19.1. The summed E-state index contributed by atoms with van der Waals surface area (Å²) >= 11 is 0. The van der Waals surface area contributed by atoms with Gasteiger partial charge in [-0.25, -0.2) is 0 Å². The van der Waals surface area contributed by atoms with Crippen LogP contribution in [0.2, 0.25) is 0 Å². The summed E-state index contributed by atoms with van der Waals surface area (Å²) in [7, 11) is 0. The van der Waals surface area contributed by atoms with E-state index in [9.17, 15) is 9.18 Å². The van der Waals surface area contributed by atoms with Crippen molar-refractivity contribution in [1.82, 2.24) is 20.5 Å². The van der Waals surface area contributed by atoms with Gasteiger partial charge in [-0.05, 0) is 29.3 Å². The molecule has 31 heavy (non-hydrogen) atoms. The van der Waals surface area contributed by atoms with Crippen LogP contribution in [0.5, 0.6) is 0 Å². The average Bonchev–Trinajstić information content (AvgIpc) is 3.17. The van der Waals surface area contributed by atoms with Crippen molar-refractivity contribution in [3.8, 4) is 11.1 Å². The molecular weight excluding hydrogens is 393 g/mol. The van der Waals surface area contributed by atoms with E-state index >= 15 is 0 Å². The Morgan fingerprint density at radius 2 is 1.87 bits per heavy atom. The van der Waals surface area contributed by atoms with Crippen LogP contribution in [0.25, 0.3) is 22.0 Å². The van der Waals surface area contributed by atoms with E-state index in [2.05, 4.69) is 25.8 Å². The summed E-state index contributed by atoms with van der Waals surface area (Å²) in [6.07, 6.45) is 3.48. The van der Waals surface area contributed by atoms with Crippen molar-refractivity contribution in [2.45, 2.75) is 19.9 Å². The molecule has 7 heteroatoms. The molecule has 158 valence electrons. The molecule has 1 atom stereocenters. The number of aromatic nitrogens is 3. The lowest BCUT2D eigenvalue weighted by molar-refractivity contribution is -0.124. The minimum atomic E-state index is -0.455. The Kier molecular flexibility index (Phi) is 5.93. The zero-order valence-electron chi connectivity index (χ0n) is 17.4. The van der Waals surface area contributed by atoms with Gasteiger partial charge in [0.15, 0.2) is 0 Å². The van der Waals surface area contributed by atoms with Gasteiger partial charge in [-0.1, -0.05) is 50.2 Å². The number of anilines is 1. The van der Waals surface area contributed by atoms with Gasteiger partial charge in [0, 0.05) is 30.4 Å². The number of pyridine rings is 1. The van der Waals surface area contributed by atoms with Crippen LogP contribution in [0.3, 0.4) is 0 Å². The van der Waals surface area contributed by atoms with Crippen LogP contribution in [0.15, 0.2) is 67.0 Å². The van der Waals surface area contributed by atoms with Crippen molar-refractivity contribution in [1.29, 1.82) is 0 Å². The third kappa shape index (κ3) is 4.71. The number of rotatable bonds is 7. The standard InChI is InChI=1S/C24H24FN5O/c1-15(2)24(31)27-14-22(16-6-4-3-5-7-16)28-19-10-18(12-26-13-19)17-8-9-21-20(11-17)23(25)30-29-21/h3-13,15,22,28H,14H2,1-2H3,(H,27,31)(H,29,30)/t22-/m1/s1. The fourth-order valence-electron chi connectivity index (χ4n) is 3.38. The number of hydrogen-bond acceptors (Lipinski definition) is 4. The lowest BCUT2D eigenvalue weighted by atomic mass is 10.0. The first-order chi connectivity index (χ1) is 15.0. The van der Waals surface area contributed by atoms with E-state index in [1.807, 2.05) is 56.3 Å². The van der Waals surface area contributed by atoms with Gasteiger partial charge in [0.2, 0.25) is 11.9 Å². The highest BCUT2D eigenvalue weighted by Crippen LogP contribution is 2.27. The lowest BCUT2D eigenvalue weighted by Crippen LogP contribution is -2.34. The predicted octanol–water partition coefficient (Wildman–Crippen LogP) is 4.69. The highest BCUT2D eigenvalue weighted by Gasteiger charge is 2.15. The van der Waals surface area contributed by atoms with Crippen molar-refractivity contribution in [3.05, 3.63) is 78.5 Å². The van der Waals surface area contributed by atoms with Crippen molar-refractivity contribution >= 4 is 22.5 Å². The molecule has 2 aromatic heterocycles. The smallest absolute Gasteiger partial charge is 0.222 e. The number of carbonyl (C=O) groups excluding carboxylic acids is 1. The molecule has 0 bridgehead atoms. The normalized spacial score (nSPS) is 12.1. The molecule has 0 aliphatic carbocycles. The molecule has 4 rings (SSSR count). The summed E-state index contributed by atoms with van der Waals surface area (Å²) in [5.41, 5.74) is 4.13. The van der Waals surface area contributed by atoms with Gasteiger partial charge in [0.05, 0.1) is 22.6 Å². The lowest BCUT2D eigenvalue weighted by Gasteiger charge is -2.22. The summed E-state index contributed by atoms with van der Waals surface area (Å²) < 4.78 is 13.9. The van der Waals surface area contributed by atoms with Crippen molar-refractivity contribution in [3.63, 3.8) is 0 Å². The molecule has 0 spiro atoms. The number of nitrogens with zero attached hydrogens (tertiary/aromatic N) is 2. The summed E-state index contributed by atoms with van der Waals surface area (Å²) in [4.78, 5) is 16.4. The molecule has 0 unspecified atom stereocenters. The molecule has 0 saturated carbocycles. The van der Waals surface area contributed by atoms with Gasteiger partial charge < -0.3 is 10.6 Å². The summed E-state index contributed by atoms with van der Waals surface area (Å²) in [6.45, 7) is 4.18. The van der Waals surface area contributed by atoms with Crippen LogP contribution in [-0.2, 0) is 4.79 Å². The minimum Gasteiger partial charge on any atom is -0.375 e. The Labute approximate surface area is 179 Å². The third-order valence-electron chi connectivity index (χ3n) is 5.13. The van der Waals surface area contributed by atoms with E-state index in [1.165, 1.54) is 0 Å². The molecule has 6 nitrogen and oxygen atoms in total. The Hall–Kier alpha value is -3.74. The van der Waals surface area contributed by atoms with Gasteiger partial charge in [-0.3, -0.25) is 14.9 Å². The predicted molar refractivity (Wildman–Crippen MR) is 120 cm³/mol. The van der Waals surface area contributed by atoms with Gasteiger partial charge in [0.25, 0.3) is 0 Å². The number of fused-ring (bicyclic) bond motifs is 1. The van der Waals surface area contributed by atoms with Crippen LogP contribution < -0.4 is 10.6 Å². The van der Waals surface area contributed by atoms with E-state index in [4.69, 9.17) is 0 Å². The van der Waals surface area contributed by atoms with E-state index in [1.54, 1.807) is 24.5 Å². The largest absolute Gasteiger partial charge is 0.375 e. The van der Waals surface area contributed by atoms with E-state index in [0.717, 1.165) is 22.4 Å². The first-order valence-electron chi connectivity index (χ1n) is 10.2. The SMILES string of the molecule is CC(C)C(=O)NC[C@@H](Nc1cncc(-c2ccc3n[nH]c(F)c3c2)c1)c1ccccc1. The fraction of sp³-hybridized carbons (Fsp3) is 0.208. The first-order valence-corrected chi connectivity index (χ1v) is 10.2. The molecule has 2 aromatic carbocycles. The number of nitrogens with one attached hydrogen (secondary N) is 3. The average molecular weight is 417 g/mol. The van der Waals surface area contributed by atoms with Gasteiger partial charge in [0.1, 0.15) is 0 Å². The zero-order valence-corrected chi connectivity index (χ0v) is 17.4. The van der Waals surface area contributed by atoms with Crippen molar-refractivity contribution in [2.24, 2.45) is 5.92 Å². The highest BCUT2D eigenvalue weighted by molar-refractivity contribution is 5.84. The number of hydrogen-bond donors (Lipinski definition) is 3. The van der Waals surface area contributed by atoms with Crippen LogP contribution in [0, 0.1) is 11.9 Å². The topological polar surface area (TPSA) is 82.7 Å². The molecule has 0 aliphatic rings. The molecule has 1 amide bonds. The monoisotopic (exact) mass is 417 g/mol. The Morgan fingerprint density at radius 3 is 2.65 bits per heavy atom. The number of amides is 1. The number of H-pyrrole nitrogens is 1. The fourth-order valence-corrected chi connectivity index (χ4v) is 3.38. The maximum Gasteiger partial charge on any atom is 0.222 e. The third-order valence-corrected chi connectivity index (χ3v) is 5.13. The Balaban J connectivity index is 1.59. The minimum absolute atomic E-state index is 0.00467. The van der Waals surface area contributed by atoms with Crippen LogP contribution in [0.1, 0.15) is 25.5 Å². The number of carbonyl (C=O) groups is 1.